The zero-order chi connectivity index (χ0) is 18.4. The van der Waals surface area contributed by atoms with Crippen molar-refractivity contribution >= 4 is 21.7 Å². The molecule has 1 unspecified atom stereocenters. The molecule has 8 heteroatoms. The minimum absolute atomic E-state index is 0.00122. The van der Waals surface area contributed by atoms with E-state index in [-0.39, 0.29) is 29.9 Å². The molecule has 1 aromatic carbocycles. The molecule has 1 fully saturated rings. The molecule has 0 radical (unpaired) electrons. The standard InChI is InChI=1S/C17H23NO6S/c1-3-18(14-8-9-25(21,22)12-14)16(19)11-24-17(20)10-13-6-4-5-7-15(13)23-2/h4-7,14H,3,8-12H2,1-2H3. The average Bonchev–Trinajstić information content (AvgIpc) is 2.94. The second-order valence-electron chi connectivity index (χ2n) is 5.89. The maximum Gasteiger partial charge on any atom is 0.310 e. The first-order valence-electron chi connectivity index (χ1n) is 8.13. The summed E-state index contributed by atoms with van der Waals surface area (Å²) in [5.74, 6) is -0.264. The van der Waals surface area contributed by atoms with Gasteiger partial charge in [-0.3, -0.25) is 9.59 Å². The molecule has 1 saturated heterocycles. The Kier molecular flexibility index (Phi) is 6.41. The average molecular weight is 369 g/mol. The minimum atomic E-state index is -3.08. The molecule has 0 aliphatic carbocycles. The summed E-state index contributed by atoms with van der Waals surface area (Å²) in [5, 5.41) is 0. The van der Waals surface area contributed by atoms with Crippen LogP contribution in [0.2, 0.25) is 0 Å². The summed E-state index contributed by atoms with van der Waals surface area (Å²) in [6, 6.07) is 6.74. The summed E-state index contributed by atoms with van der Waals surface area (Å²) >= 11 is 0. The van der Waals surface area contributed by atoms with Crippen LogP contribution in [-0.2, 0) is 30.6 Å². The van der Waals surface area contributed by atoms with Gasteiger partial charge in [0.1, 0.15) is 5.75 Å². The summed E-state index contributed by atoms with van der Waals surface area (Å²) in [4.78, 5) is 25.7. The molecule has 1 aliphatic rings. The second-order valence-corrected chi connectivity index (χ2v) is 8.11. The molecule has 1 heterocycles. The van der Waals surface area contributed by atoms with Gasteiger partial charge < -0.3 is 14.4 Å². The molecule has 0 saturated carbocycles. The number of para-hydroxylation sites is 1. The van der Waals surface area contributed by atoms with E-state index in [0.717, 1.165) is 0 Å². The normalized spacial score (nSPS) is 18.6. The second kappa shape index (κ2) is 8.33. The van der Waals surface area contributed by atoms with Gasteiger partial charge in [-0.15, -0.1) is 0 Å². The largest absolute Gasteiger partial charge is 0.496 e. The van der Waals surface area contributed by atoms with E-state index in [1.807, 2.05) is 0 Å². The summed E-state index contributed by atoms with van der Waals surface area (Å²) in [6.07, 6.45) is 0.429. The van der Waals surface area contributed by atoms with Crippen LogP contribution in [0.4, 0.5) is 0 Å². The first kappa shape index (κ1) is 19.2. The number of hydrogen-bond donors (Lipinski definition) is 0. The van der Waals surface area contributed by atoms with E-state index >= 15 is 0 Å². The molecular formula is C17H23NO6S. The zero-order valence-corrected chi connectivity index (χ0v) is 15.3. The van der Waals surface area contributed by atoms with Crippen molar-refractivity contribution in [1.82, 2.24) is 4.90 Å². The van der Waals surface area contributed by atoms with Gasteiger partial charge >= 0.3 is 5.97 Å². The van der Waals surface area contributed by atoms with E-state index in [0.29, 0.717) is 24.3 Å². The topological polar surface area (TPSA) is 90.0 Å². The third-order valence-corrected chi connectivity index (χ3v) is 5.94. The lowest BCUT2D eigenvalue weighted by Gasteiger charge is -2.26. The quantitative estimate of drug-likeness (QED) is 0.661. The number of benzene rings is 1. The zero-order valence-electron chi connectivity index (χ0n) is 14.4. The molecule has 0 N–H and O–H groups in total. The van der Waals surface area contributed by atoms with Crippen LogP contribution in [-0.4, -0.2) is 63.0 Å². The number of amides is 1. The maximum absolute atomic E-state index is 12.3. The van der Waals surface area contributed by atoms with Gasteiger partial charge in [0, 0.05) is 18.2 Å². The summed E-state index contributed by atoms with van der Waals surface area (Å²) < 4.78 is 33.4. The third-order valence-electron chi connectivity index (χ3n) is 4.19. The SMILES string of the molecule is CCN(C(=O)COC(=O)Cc1ccccc1OC)C1CCS(=O)(=O)C1. The highest BCUT2D eigenvalue weighted by molar-refractivity contribution is 7.91. The molecule has 1 atom stereocenters. The highest BCUT2D eigenvalue weighted by Gasteiger charge is 2.34. The molecule has 25 heavy (non-hydrogen) atoms. The van der Waals surface area contributed by atoms with Crippen LogP contribution < -0.4 is 4.74 Å². The summed E-state index contributed by atoms with van der Waals surface area (Å²) in [7, 11) is -1.56. The van der Waals surface area contributed by atoms with Crippen LogP contribution >= 0.6 is 0 Å². The van der Waals surface area contributed by atoms with Crippen molar-refractivity contribution in [3.05, 3.63) is 29.8 Å². The number of esters is 1. The molecule has 0 spiro atoms. The Morgan fingerprint density at radius 2 is 2.00 bits per heavy atom. The Morgan fingerprint density at radius 1 is 1.28 bits per heavy atom. The molecule has 7 nitrogen and oxygen atoms in total. The van der Waals surface area contributed by atoms with Gasteiger partial charge in [-0.2, -0.15) is 0 Å². The lowest BCUT2D eigenvalue weighted by molar-refractivity contribution is -0.152. The maximum atomic E-state index is 12.3. The van der Waals surface area contributed by atoms with E-state index in [4.69, 9.17) is 9.47 Å². The first-order chi connectivity index (χ1) is 11.9. The number of ether oxygens (including phenoxy) is 2. The van der Waals surface area contributed by atoms with Gasteiger partial charge in [0.25, 0.3) is 5.91 Å². The van der Waals surface area contributed by atoms with E-state index in [9.17, 15) is 18.0 Å². The van der Waals surface area contributed by atoms with E-state index in [2.05, 4.69) is 0 Å². The molecule has 0 aromatic heterocycles. The van der Waals surface area contributed by atoms with Gasteiger partial charge in [0.2, 0.25) is 0 Å². The van der Waals surface area contributed by atoms with Crippen molar-refractivity contribution in [3.8, 4) is 5.75 Å². The number of hydrogen-bond acceptors (Lipinski definition) is 6. The van der Waals surface area contributed by atoms with Gasteiger partial charge in [-0.25, -0.2) is 8.42 Å². The van der Waals surface area contributed by atoms with Crippen molar-refractivity contribution in [3.63, 3.8) is 0 Å². The smallest absolute Gasteiger partial charge is 0.310 e. The lowest BCUT2D eigenvalue weighted by Crippen LogP contribution is -2.43. The van der Waals surface area contributed by atoms with Crippen LogP contribution in [0, 0.1) is 0 Å². The van der Waals surface area contributed by atoms with Crippen molar-refractivity contribution in [1.29, 1.82) is 0 Å². The van der Waals surface area contributed by atoms with Crippen LogP contribution in [0.15, 0.2) is 24.3 Å². The number of likely N-dealkylation sites (N-methyl/N-ethyl adjacent to an activating group) is 1. The fraction of sp³-hybridized carbons (Fsp3) is 0.529. The Labute approximate surface area is 147 Å². The van der Waals surface area contributed by atoms with Gasteiger partial charge in [-0.05, 0) is 19.4 Å². The van der Waals surface area contributed by atoms with Crippen molar-refractivity contribution in [2.45, 2.75) is 25.8 Å². The number of carbonyl (C=O) groups excluding carboxylic acids is 2. The Morgan fingerprint density at radius 3 is 2.60 bits per heavy atom. The van der Waals surface area contributed by atoms with Gasteiger partial charge in [0.15, 0.2) is 16.4 Å². The molecular weight excluding hydrogens is 346 g/mol. The van der Waals surface area contributed by atoms with E-state index < -0.39 is 22.4 Å². The van der Waals surface area contributed by atoms with Crippen LogP contribution in [0.5, 0.6) is 5.75 Å². The number of nitrogens with zero attached hydrogens (tertiary/aromatic N) is 1. The molecule has 0 bridgehead atoms. The predicted molar refractivity (Wildman–Crippen MR) is 92.1 cm³/mol. The van der Waals surface area contributed by atoms with E-state index in [1.165, 1.54) is 12.0 Å². The van der Waals surface area contributed by atoms with Gasteiger partial charge in [-0.1, -0.05) is 18.2 Å². The predicted octanol–water partition coefficient (Wildman–Crippen LogP) is 0.817. The Balaban J connectivity index is 1.89. The van der Waals surface area contributed by atoms with E-state index in [1.54, 1.807) is 31.2 Å². The Bertz CT molecular complexity index is 730. The van der Waals surface area contributed by atoms with Crippen LogP contribution in [0.1, 0.15) is 18.9 Å². The summed E-state index contributed by atoms with van der Waals surface area (Å²) in [5.41, 5.74) is 0.677. The number of rotatable bonds is 7. The first-order valence-corrected chi connectivity index (χ1v) is 9.96. The highest BCUT2D eigenvalue weighted by Crippen LogP contribution is 2.19. The summed E-state index contributed by atoms with van der Waals surface area (Å²) in [6.45, 7) is 1.76. The number of carbonyl (C=O) groups is 2. The van der Waals surface area contributed by atoms with Crippen LogP contribution in [0.3, 0.4) is 0 Å². The van der Waals surface area contributed by atoms with Crippen molar-refractivity contribution < 1.29 is 27.5 Å². The highest BCUT2D eigenvalue weighted by atomic mass is 32.2. The molecule has 1 aliphatic heterocycles. The lowest BCUT2D eigenvalue weighted by atomic mass is 10.1. The fourth-order valence-corrected chi connectivity index (χ4v) is 4.67. The Hall–Kier alpha value is -2.09. The molecule has 1 aromatic rings. The van der Waals surface area contributed by atoms with Crippen molar-refractivity contribution in [2.24, 2.45) is 0 Å². The molecule has 2 rings (SSSR count). The van der Waals surface area contributed by atoms with Crippen LogP contribution in [0.25, 0.3) is 0 Å². The molecule has 138 valence electrons. The van der Waals surface area contributed by atoms with Crippen molar-refractivity contribution in [2.75, 3.05) is 31.8 Å². The molecule has 1 amide bonds. The van der Waals surface area contributed by atoms with Gasteiger partial charge in [0.05, 0.1) is 25.0 Å². The third kappa shape index (κ3) is 5.19. The minimum Gasteiger partial charge on any atom is -0.496 e. The number of methoxy groups -OCH3 is 1. The monoisotopic (exact) mass is 369 g/mol. The number of sulfone groups is 1. The fourth-order valence-electron chi connectivity index (χ4n) is 2.94.